The van der Waals surface area contributed by atoms with E-state index in [1.807, 2.05) is 0 Å². The molecule has 1 nitrogen and oxygen atoms in total. The Balaban J connectivity index is 2.09. The number of nitrogens with one attached hydrogen (secondary N) is 1. The van der Waals surface area contributed by atoms with E-state index in [0.29, 0.717) is 10.8 Å². The highest BCUT2D eigenvalue weighted by Crippen LogP contribution is 2.74. The van der Waals surface area contributed by atoms with Crippen LogP contribution in [0.25, 0.3) is 0 Å². The molecule has 82 valence electrons. The lowest BCUT2D eigenvalue weighted by Gasteiger charge is -2.30. The lowest BCUT2D eigenvalue weighted by atomic mass is 9.75. The largest absolute Gasteiger partial charge is 0.319 e. The minimum Gasteiger partial charge on any atom is -0.319 e. The van der Waals surface area contributed by atoms with E-state index in [1.165, 1.54) is 32.2 Å². The zero-order valence-electron chi connectivity index (χ0n) is 10.2. The first kappa shape index (κ1) is 10.5. The Morgan fingerprint density at radius 3 is 2.64 bits per heavy atom. The van der Waals surface area contributed by atoms with Crippen LogP contribution in [0.5, 0.6) is 0 Å². The monoisotopic (exact) mass is 195 g/mol. The summed E-state index contributed by atoms with van der Waals surface area (Å²) in [6.45, 7) is 8.62. The van der Waals surface area contributed by atoms with Crippen molar-refractivity contribution in [2.24, 2.45) is 22.7 Å². The molecule has 2 aliphatic rings. The Morgan fingerprint density at radius 2 is 2.07 bits per heavy atom. The quantitative estimate of drug-likeness (QED) is 0.714. The molecule has 0 aromatic heterocycles. The Kier molecular flexibility index (Phi) is 2.42. The topological polar surface area (TPSA) is 12.0 Å². The molecule has 2 saturated carbocycles. The summed E-state index contributed by atoms with van der Waals surface area (Å²) in [5.74, 6) is 1.90. The molecule has 14 heavy (non-hydrogen) atoms. The van der Waals surface area contributed by atoms with Gasteiger partial charge < -0.3 is 5.32 Å². The molecule has 0 heterocycles. The van der Waals surface area contributed by atoms with Crippen molar-refractivity contribution in [3.63, 3.8) is 0 Å². The molecule has 2 aliphatic carbocycles. The molecule has 3 unspecified atom stereocenters. The third-order valence-corrected chi connectivity index (χ3v) is 5.18. The first-order valence-corrected chi connectivity index (χ1v) is 6.19. The average Bonchev–Trinajstić information content (AvgIpc) is 2.52. The van der Waals surface area contributed by atoms with Gasteiger partial charge in [-0.1, -0.05) is 33.6 Å². The van der Waals surface area contributed by atoms with Crippen molar-refractivity contribution in [1.29, 1.82) is 0 Å². The molecule has 2 fully saturated rings. The molecule has 0 aromatic rings. The summed E-state index contributed by atoms with van der Waals surface area (Å²) in [5, 5.41) is 3.37. The van der Waals surface area contributed by atoms with Crippen LogP contribution < -0.4 is 5.32 Å². The molecule has 1 N–H and O–H groups in total. The highest BCUT2D eigenvalue weighted by molar-refractivity contribution is 5.18. The van der Waals surface area contributed by atoms with Crippen LogP contribution in [0.15, 0.2) is 0 Å². The molecular formula is C13H25N. The molecule has 0 saturated heterocycles. The predicted octanol–water partition coefficient (Wildman–Crippen LogP) is 3.06. The Hall–Kier alpha value is -0.0400. The van der Waals surface area contributed by atoms with Crippen LogP contribution in [-0.4, -0.2) is 13.6 Å². The normalized spacial score (nSPS) is 45.4. The Morgan fingerprint density at radius 1 is 1.36 bits per heavy atom. The summed E-state index contributed by atoms with van der Waals surface area (Å²) in [5.41, 5.74) is 1.30. The average molecular weight is 195 g/mol. The van der Waals surface area contributed by atoms with Crippen molar-refractivity contribution in [2.75, 3.05) is 13.6 Å². The third-order valence-electron chi connectivity index (χ3n) is 5.18. The second-order valence-electron chi connectivity index (χ2n) is 6.19. The summed E-state index contributed by atoms with van der Waals surface area (Å²) in [4.78, 5) is 0. The Bertz CT molecular complexity index is 221. The van der Waals surface area contributed by atoms with E-state index in [-0.39, 0.29) is 0 Å². The smallest absolute Gasteiger partial charge is 0.00127 e. The zero-order valence-corrected chi connectivity index (χ0v) is 10.2. The second-order valence-corrected chi connectivity index (χ2v) is 6.19. The van der Waals surface area contributed by atoms with E-state index in [4.69, 9.17) is 0 Å². The molecule has 0 amide bonds. The van der Waals surface area contributed by atoms with E-state index in [9.17, 15) is 0 Å². The van der Waals surface area contributed by atoms with Crippen molar-refractivity contribution in [3.05, 3.63) is 0 Å². The van der Waals surface area contributed by atoms with E-state index < -0.39 is 0 Å². The van der Waals surface area contributed by atoms with Crippen molar-refractivity contribution in [1.82, 2.24) is 5.32 Å². The van der Waals surface area contributed by atoms with Gasteiger partial charge in [-0.3, -0.25) is 0 Å². The molecular weight excluding hydrogens is 170 g/mol. The highest BCUT2D eigenvalue weighted by Gasteiger charge is 2.69. The maximum atomic E-state index is 3.37. The highest BCUT2D eigenvalue weighted by atomic mass is 14.9. The zero-order chi connectivity index (χ0) is 10.4. The van der Waals surface area contributed by atoms with E-state index in [2.05, 4.69) is 33.1 Å². The lowest BCUT2D eigenvalue weighted by Crippen LogP contribution is -2.21. The number of rotatable bonds is 2. The van der Waals surface area contributed by atoms with Gasteiger partial charge in [0.05, 0.1) is 0 Å². The fraction of sp³-hybridized carbons (Fsp3) is 1.00. The van der Waals surface area contributed by atoms with Crippen LogP contribution in [0.4, 0.5) is 0 Å². The van der Waals surface area contributed by atoms with Gasteiger partial charge in [-0.15, -0.1) is 0 Å². The van der Waals surface area contributed by atoms with Gasteiger partial charge in [0.1, 0.15) is 0 Å². The number of hydrogen-bond acceptors (Lipinski definition) is 1. The fourth-order valence-corrected chi connectivity index (χ4v) is 4.21. The van der Waals surface area contributed by atoms with Crippen LogP contribution >= 0.6 is 0 Å². The molecule has 0 bridgehead atoms. The van der Waals surface area contributed by atoms with E-state index in [1.54, 1.807) is 0 Å². The molecule has 1 spiro atoms. The lowest BCUT2D eigenvalue weighted by molar-refractivity contribution is 0.209. The standard InChI is InChI=1S/C13H25N/c1-10-6-5-7-13(8-10)11(9-14-4)12(13,2)3/h10-11,14H,5-9H2,1-4H3. The number of hydrogen-bond donors (Lipinski definition) is 1. The summed E-state index contributed by atoms with van der Waals surface area (Å²) in [7, 11) is 2.09. The first-order chi connectivity index (χ1) is 6.54. The van der Waals surface area contributed by atoms with Gasteiger partial charge in [-0.2, -0.15) is 0 Å². The minimum atomic E-state index is 0.602. The van der Waals surface area contributed by atoms with Gasteiger partial charge in [0.25, 0.3) is 0 Å². The first-order valence-electron chi connectivity index (χ1n) is 6.19. The summed E-state index contributed by atoms with van der Waals surface area (Å²) in [6.07, 6.45) is 5.89. The van der Waals surface area contributed by atoms with E-state index in [0.717, 1.165) is 11.8 Å². The maximum absolute atomic E-state index is 3.37. The maximum Gasteiger partial charge on any atom is -0.00127 e. The second kappa shape index (κ2) is 3.23. The SMILES string of the molecule is CNCC1C(C)(C)C12CCCC(C)C2. The van der Waals surface area contributed by atoms with Crippen LogP contribution in [-0.2, 0) is 0 Å². The fourth-order valence-electron chi connectivity index (χ4n) is 4.21. The van der Waals surface area contributed by atoms with Gasteiger partial charge in [-0.05, 0) is 49.1 Å². The van der Waals surface area contributed by atoms with Crippen LogP contribution in [0, 0.1) is 22.7 Å². The third kappa shape index (κ3) is 1.25. The van der Waals surface area contributed by atoms with Crippen molar-refractivity contribution >= 4 is 0 Å². The Labute approximate surface area is 88.7 Å². The van der Waals surface area contributed by atoms with Gasteiger partial charge in [0.15, 0.2) is 0 Å². The van der Waals surface area contributed by atoms with Gasteiger partial charge >= 0.3 is 0 Å². The molecule has 3 atom stereocenters. The van der Waals surface area contributed by atoms with Crippen molar-refractivity contribution < 1.29 is 0 Å². The molecule has 0 aliphatic heterocycles. The molecule has 1 heteroatoms. The van der Waals surface area contributed by atoms with Gasteiger partial charge in [0, 0.05) is 0 Å². The summed E-state index contributed by atoms with van der Waals surface area (Å²) >= 11 is 0. The summed E-state index contributed by atoms with van der Waals surface area (Å²) in [6, 6.07) is 0. The minimum absolute atomic E-state index is 0.602. The van der Waals surface area contributed by atoms with Crippen LogP contribution in [0.3, 0.4) is 0 Å². The van der Waals surface area contributed by atoms with Crippen molar-refractivity contribution in [3.8, 4) is 0 Å². The molecule has 2 rings (SSSR count). The molecule has 0 radical (unpaired) electrons. The molecule has 0 aromatic carbocycles. The van der Waals surface area contributed by atoms with E-state index >= 15 is 0 Å². The summed E-state index contributed by atoms with van der Waals surface area (Å²) < 4.78 is 0. The van der Waals surface area contributed by atoms with Crippen LogP contribution in [0.2, 0.25) is 0 Å². The van der Waals surface area contributed by atoms with Crippen LogP contribution in [0.1, 0.15) is 46.5 Å². The van der Waals surface area contributed by atoms with Gasteiger partial charge in [0.2, 0.25) is 0 Å². The predicted molar refractivity (Wildman–Crippen MR) is 61.3 cm³/mol. The van der Waals surface area contributed by atoms with Crippen molar-refractivity contribution in [2.45, 2.75) is 46.5 Å². The van der Waals surface area contributed by atoms with Gasteiger partial charge in [-0.25, -0.2) is 0 Å².